The minimum Gasteiger partial charge on any atom is -0.462 e. The molecule has 1 aromatic heterocycles. The summed E-state index contributed by atoms with van der Waals surface area (Å²) in [5, 5.41) is 0. The number of ether oxygens (including phenoxy) is 1. The van der Waals surface area contributed by atoms with E-state index in [4.69, 9.17) is 14.7 Å². The summed E-state index contributed by atoms with van der Waals surface area (Å²) in [7, 11) is 0. The number of amides is 1. The van der Waals surface area contributed by atoms with Crippen LogP contribution in [0, 0.1) is 13.8 Å². The maximum atomic E-state index is 12.9. The molecular weight excluding hydrogens is 498 g/mol. The highest BCUT2D eigenvalue weighted by molar-refractivity contribution is 5.97. The van der Waals surface area contributed by atoms with Crippen LogP contribution in [0.25, 0.3) is 33.5 Å². The Hall–Kier alpha value is -4.84. The number of hydrogen-bond acceptors (Lipinski definition) is 5. The molecule has 6 heteroatoms. The number of nitrogens with zero attached hydrogens (tertiary/aromatic N) is 3. The van der Waals surface area contributed by atoms with E-state index in [-0.39, 0.29) is 18.9 Å². The van der Waals surface area contributed by atoms with Crippen LogP contribution >= 0.6 is 0 Å². The van der Waals surface area contributed by atoms with Crippen LogP contribution in [-0.2, 0) is 16.0 Å². The van der Waals surface area contributed by atoms with E-state index in [9.17, 15) is 9.59 Å². The maximum absolute atomic E-state index is 12.9. The summed E-state index contributed by atoms with van der Waals surface area (Å²) in [4.78, 5) is 37.4. The smallest absolute Gasteiger partial charge is 0.338 e. The first-order valence-electron chi connectivity index (χ1n) is 13.5. The summed E-state index contributed by atoms with van der Waals surface area (Å²) >= 11 is 0. The van der Waals surface area contributed by atoms with Crippen molar-refractivity contribution in [2.24, 2.45) is 0 Å². The zero-order chi connectivity index (χ0) is 27.6. The Kier molecular flexibility index (Phi) is 6.83. The first-order chi connectivity index (χ1) is 19.5. The van der Waals surface area contributed by atoms with Crippen LogP contribution in [-0.4, -0.2) is 35.0 Å². The van der Waals surface area contributed by atoms with Crippen LogP contribution in [0.15, 0.2) is 91.0 Å². The summed E-state index contributed by atoms with van der Waals surface area (Å²) in [5.74, 6) is -0.536. The molecule has 0 saturated heterocycles. The Bertz CT molecular complexity index is 1730. The normalized spacial score (nSPS) is 12.4. The molecule has 0 N–H and O–H groups in total. The van der Waals surface area contributed by atoms with E-state index in [2.05, 4.69) is 43.3 Å². The van der Waals surface area contributed by atoms with Gasteiger partial charge in [-0.25, -0.2) is 14.8 Å². The standard InChI is InChI=1S/C34H29N3O3/c1-22-7-11-25(12-8-22)32-33(26-13-9-23(2)10-14-26)36-29-21-27(15-16-28(29)35-32)34(39)40-20-18-31(38)37-19-17-24-5-3-4-6-30(24)37/h3-16,21H,17-20H2,1-2H3. The molecule has 5 aromatic rings. The van der Waals surface area contributed by atoms with Crippen molar-refractivity contribution in [2.45, 2.75) is 26.7 Å². The molecule has 0 spiro atoms. The van der Waals surface area contributed by atoms with Crippen LogP contribution in [0.1, 0.15) is 33.5 Å². The van der Waals surface area contributed by atoms with E-state index in [0.717, 1.165) is 40.2 Å². The molecule has 1 aliphatic heterocycles. The zero-order valence-corrected chi connectivity index (χ0v) is 22.6. The molecule has 4 aromatic carbocycles. The first kappa shape index (κ1) is 25.4. The molecule has 1 amide bonds. The molecule has 0 bridgehead atoms. The third-order valence-electron chi connectivity index (χ3n) is 7.29. The molecule has 0 radical (unpaired) electrons. The Morgan fingerprint density at radius 1 is 0.775 bits per heavy atom. The first-order valence-corrected chi connectivity index (χ1v) is 13.5. The molecule has 6 nitrogen and oxygen atoms in total. The number of esters is 1. The fraction of sp³-hybridized carbons (Fsp3) is 0.176. The number of rotatable bonds is 6. The topological polar surface area (TPSA) is 72.4 Å². The van der Waals surface area contributed by atoms with E-state index in [0.29, 0.717) is 23.1 Å². The lowest BCUT2D eigenvalue weighted by atomic mass is 10.0. The highest BCUT2D eigenvalue weighted by Gasteiger charge is 2.24. The van der Waals surface area contributed by atoms with Gasteiger partial charge in [0.15, 0.2) is 0 Å². The lowest BCUT2D eigenvalue weighted by molar-refractivity contribution is -0.119. The summed E-state index contributed by atoms with van der Waals surface area (Å²) < 4.78 is 5.49. The fourth-order valence-electron chi connectivity index (χ4n) is 5.05. The third-order valence-corrected chi connectivity index (χ3v) is 7.29. The Labute approximate surface area is 233 Å². The van der Waals surface area contributed by atoms with E-state index in [1.54, 1.807) is 23.1 Å². The minimum atomic E-state index is -0.488. The quantitative estimate of drug-likeness (QED) is 0.229. The lowest BCUT2D eigenvalue weighted by Gasteiger charge is -2.17. The van der Waals surface area contributed by atoms with E-state index in [1.807, 2.05) is 43.3 Å². The average molecular weight is 528 g/mol. The molecular formula is C34H29N3O3. The molecule has 6 rings (SSSR count). The monoisotopic (exact) mass is 527 g/mol. The summed E-state index contributed by atoms with van der Waals surface area (Å²) in [6.45, 7) is 4.77. The third kappa shape index (κ3) is 5.08. The number of benzene rings is 4. The highest BCUT2D eigenvalue weighted by Crippen LogP contribution is 2.32. The molecule has 40 heavy (non-hydrogen) atoms. The van der Waals surface area contributed by atoms with Gasteiger partial charge in [-0.3, -0.25) is 4.79 Å². The highest BCUT2D eigenvalue weighted by atomic mass is 16.5. The van der Waals surface area contributed by atoms with Gasteiger partial charge in [0.2, 0.25) is 5.91 Å². The van der Waals surface area contributed by atoms with Gasteiger partial charge in [0, 0.05) is 23.4 Å². The minimum absolute atomic E-state index is 0.0149. The second-order valence-electron chi connectivity index (χ2n) is 10.2. The number of aryl methyl sites for hydroxylation is 2. The number of aromatic nitrogens is 2. The summed E-state index contributed by atoms with van der Waals surface area (Å²) in [6.07, 6.45) is 0.973. The Morgan fingerprint density at radius 3 is 2.08 bits per heavy atom. The number of fused-ring (bicyclic) bond motifs is 2. The molecule has 0 fully saturated rings. The van der Waals surface area contributed by atoms with Crippen LogP contribution in [0.2, 0.25) is 0 Å². The van der Waals surface area contributed by atoms with Crippen molar-refractivity contribution < 1.29 is 14.3 Å². The van der Waals surface area contributed by atoms with Crippen LogP contribution in [0.5, 0.6) is 0 Å². The molecule has 1 aliphatic rings. The van der Waals surface area contributed by atoms with E-state index in [1.165, 1.54) is 11.1 Å². The van der Waals surface area contributed by atoms with Crippen molar-refractivity contribution in [2.75, 3.05) is 18.1 Å². The van der Waals surface area contributed by atoms with Gasteiger partial charge in [-0.1, -0.05) is 77.9 Å². The van der Waals surface area contributed by atoms with Gasteiger partial charge in [0.25, 0.3) is 0 Å². The molecule has 0 atom stereocenters. The van der Waals surface area contributed by atoms with Crippen molar-refractivity contribution in [1.29, 1.82) is 0 Å². The van der Waals surface area contributed by atoms with Gasteiger partial charge in [0.1, 0.15) is 6.61 Å². The molecule has 2 heterocycles. The average Bonchev–Trinajstić information content (AvgIpc) is 3.41. The van der Waals surface area contributed by atoms with Gasteiger partial charge < -0.3 is 9.64 Å². The Morgan fingerprint density at radius 2 is 1.40 bits per heavy atom. The van der Waals surface area contributed by atoms with Crippen molar-refractivity contribution in [3.63, 3.8) is 0 Å². The largest absolute Gasteiger partial charge is 0.462 e. The molecule has 0 aliphatic carbocycles. The van der Waals surface area contributed by atoms with E-state index < -0.39 is 5.97 Å². The predicted octanol–water partition coefficient (Wildman–Crippen LogP) is 6.72. The SMILES string of the molecule is Cc1ccc(-c2nc3ccc(C(=O)OCCC(=O)N4CCc5ccccc54)cc3nc2-c2ccc(C)cc2)cc1. The van der Waals surface area contributed by atoms with Crippen LogP contribution in [0.4, 0.5) is 5.69 Å². The summed E-state index contributed by atoms with van der Waals surface area (Å²) in [6, 6.07) is 29.5. The zero-order valence-electron chi connectivity index (χ0n) is 22.6. The van der Waals surface area contributed by atoms with Gasteiger partial charge in [-0.2, -0.15) is 0 Å². The van der Waals surface area contributed by atoms with Crippen LogP contribution < -0.4 is 4.90 Å². The van der Waals surface area contributed by atoms with Crippen molar-refractivity contribution in [3.8, 4) is 22.5 Å². The summed E-state index contributed by atoms with van der Waals surface area (Å²) in [5.41, 5.74) is 9.57. The number of hydrogen-bond donors (Lipinski definition) is 0. The number of carbonyl (C=O) groups excluding carboxylic acids is 2. The van der Waals surface area contributed by atoms with E-state index >= 15 is 0 Å². The molecule has 0 saturated carbocycles. The van der Waals surface area contributed by atoms with Gasteiger partial charge in [-0.05, 0) is 50.1 Å². The van der Waals surface area contributed by atoms with Crippen LogP contribution in [0.3, 0.4) is 0 Å². The second kappa shape index (κ2) is 10.7. The lowest BCUT2D eigenvalue weighted by Crippen LogP contribution is -2.29. The van der Waals surface area contributed by atoms with Gasteiger partial charge in [0.05, 0.1) is 34.4 Å². The molecule has 198 valence electrons. The number of carbonyl (C=O) groups is 2. The van der Waals surface area contributed by atoms with Gasteiger partial charge in [-0.15, -0.1) is 0 Å². The molecule has 0 unspecified atom stereocenters. The second-order valence-corrected chi connectivity index (χ2v) is 10.2. The van der Waals surface area contributed by atoms with Crippen molar-refractivity contribution >= 4 is 28.6 Å². The fourth-order valence-corrected chi connectivity index (χ4v) is 5.05. The number of para-hydroxylation sites is 1. The maximum Gasteiger partial charge on any atom is 0.338 e. The van der Waals surface area contributed by atoms with Crippen molar-refractivity contribution in [3.05, 3.63) is 113 Å². The van der Waals surface area contributed by atoms with Gasteiger partial charge >= 0.3 is 5.97 Å². The number of anilines is 1. The predicted molar refractivity (Wildman–Crippen MR) is 157 cm³/mol. The van der Waals surface area contributed by atoms with Crippen molar-refractivity contribution in [1.82, 2.24) is 9.97 Å². The Balaban J connectivity index is 1.23.